The lowest BCUT2D eigenvalue weighted by Gasteiger charge is -2.26. The van der Waals surface area contributed by atoms with Crippen LogP contribution < -0.4 is 10.0 Å². The number of nitrogens with one attached hydrogen (secondary N) is 2. The normalized spacial score (nSPS) is 14.8. The molecule has 1 saturated heterocycles. The maximum atomic E-state index is 13.0. The predicted octanol–water partition coefficient (Wildman–Crippen LogP) is 4.18. The van der Waals surface area contributed by atoms with Crippen molar-refractivity contribution >= 4 is 64.9 Å². The highest BCUT2D eigenvalue weighted by Crippen LogP contribution is 2.27. The largest absolute Gasteiger partial charge is 0.379 e. The molecule has 1 amide bonds. The minimum Gasteiger partial charge on any atom is -0.379 e. The Morgan fingerprint density at radius 3 is 2.14 bits per heavy atom. The van der Waals surface area contributed by atoms with Gasteiger partial charge < -0.3 is 10.1 Å². The molecule has 1 fully saturated rings. The van der Waals surface area contributed by atoms with Gasteiger partial charge in [0.15, 0.2) is 0 Å². The van der Waals surface area contributed by atoms with E-state index >= 15 is 0 Å². The van der Waals surface area contributed by atoms with Crippen LogP contribution in [0.15, 0.2) is 81.0 Å². The SMILES string of the molecule is O=C(Nc1ccc(S(=O)(=O)Nc2ccc(Br)cc2)cc1)c1ccc(Cl)c(S(=O)(=O)N2CCOCC2)c1. The van der Waals surface area contributed by atoms with E-state index in [-0.39, 0.29) is 46.7 Å². The number of morpholine rings is 1. The molecule has 0 aliphatic carbocycles. The van der Waals surface area contributed by atoms with Gasteiger partial charge in [-0.2, -0.15) is 4.31 Å². The third-order valence-corrected chi connectivity index (χ3v) is 9.61. The first-order valence-electron chi connectivity index (χ1n) is 10.6. The standard InChI is InChI=1S/C23H21BrClN3O6S2/c24-17-2-4-19(5-3-17)27-35(30,31)20-8-6-18(7-9-20)26-23(29)16-1-10-21(25)22(15-16)36(32,33)28-11-13-34-14-12-28/h1-10,15,27H,11-14H2,(H,26,29). The number of ether oxygens (including phenoxy) is 1. The maximum absolute atomic E-state index is 13.0. The van der Waals surface area contributed by atoms with Crippen molar-refractivity contribution in [1.29, 1.82) is 0 Å². The highest BCUT2D eigenvalue weighted by atomic mass is 79.9. The van der Waals surface area contributed by atoms with Gasteiger partial charge in [0.1, 0.15) is 4.90 Å². The summed E-state index contributed by atoms with van der Waals surface area (Å²) in [5.74, 6) is -0.575. The molecule has 190 valence electrons. The van der Waals surface area contributed by atoms with Crippen LogP contribution >= 0.6 is 27.5 Å². The van der Waals surface area contributed by atoms with Crippen LogP contribution in [0.1, 0.15) is 10.4 Å². The van der Waals surface area contributed by atoms with Gasteiger partial charge in [-0.05, 0) is 66.7 Å². The van der Waals surface area contributed by atoms with Gasteiger partial charge in [0.25, 0.3) is 15.9 Å². The molecule has 0 spiro atoms. The monoisotopic (exact) mass is 613 g/mol. The van der Waals surface area contributed by atoms with E-state index in [0.717, 1.165) is 4.47 Å². The fraction of sp³-hybridized carbons (Fsp3) is 0.174. The van der Waals surface area contributed by atoms with Crippen LogP contribution in [0, 0.1) is 0 Å². The third kappa shape index (κ3) is 6.07. The molecule has 0 bridgehead atoms. The number of hydrogen-bond donors (Lipinski definition) is 2. The highest BCUT2D eigenvalue weighted by Gasteiger charge is 2.29. The molecule has 36 heavy (non-hydrogen) atoms. The lowest BCUT2D eigenvalue weighted by atomic mass is 10.2. The molecule has 0 unspecified atom stereocenters. The molecule has 1 aliphatic rings. The molecule has 4 rings (SSSR count). The van der Waals surface area contributed by atoms with E-state index in [1.807, 2.05) is 0 Å². The van der Waals surface area contributed by atoms with Crippen LogP contribution in [-0.4, -0.2) is 53.4 Å². The van der Waals surface area contributed by atoms with Gasteiger partial charge in [-0.25, -0.2) is 16.8 Å². The molecule has 0 aromatic heterocycles. The van der Waals surface area contributed by atoms with Crippen molar-refractivity contribution in [2.75, 3.05) is 36.3 Å². The maximum Gasteiger partial charge on any atom is 0.261 e. The number of carbonyl (C=O) groups excluding carboxylic acids is 1. The third-order valence-electron chi connectivity index (χ3n) is 5.30. The second kappa shape index (κ2) is 10.9. The number of anilines is 2. The minimum absolute atomic E-state index is 0.00544. The van der Waals surface area contributed by atoms with E-state index < -0.39 is 26.0 Å². The van der Waals surface area contributed by atoms with Crippen molar-refractivity contribution in [3.8, 4) is 0 Å². The van der Waals surface area contributed by atoms with Crippen molar-refractivity contribution in [2.45, 2.75) is 9.79 Å². The van der Waals surface area contributed by atoms with Crippen molar-refractivity contribution in [3.05, 3.63) is 81.8 Å². The molecule has 1 aliphatic heterocycles. The number of sulfonamides is 2. The number of rotatable bonds is 7. The van der Waals surface area contributed by atoms with Crippen LogP contribution in [0.4, 0.5) is 11.4 Å². The quantitative estimate of drug-likeness (QED) is 0.412. The summed E-state index contributed by atoms with van der Waals surface area (Å²) in [5.41, 5.74) is 0.816. The molecular weight excluding hydrogens is 594 g/mol. The predicted molar refractivity (Wildman–Crippen MR) is 140 cm³/mol. The molecule has 0 atom stereocenters. The number of nitrogens with zero attached hydrogens (tertiary/aromatic N) is 1. The first-order chi connectivity index (χ1) is 17.1. The van der Waals surface area contributed by atoms with Gasteiger partial charge >= 0.3 is 0 Å². The Hall–Kier alpha value is -2.48. The summed E-state index contributed by atoms with van der Waals surface area (Å²) >= 11 is 9.45. The number of benzene rings is 3. The van der Waals surface area contributed by atoms with E-state index in [2.05, 4.69) is 26.0 Å². The van der Waals surface area contributed by atoms with E-state index in [1.54, 1.807) is 24.3 Å². The van der Waals surface area contributed by atoms with Crippen LogP contribution in [0.5, 0.6) is 0 Å². The van der Waals surface area contributed by atoms with Crippen molar-refractivity contribution in [2.24, 2.45) is 0 Å². The molecule has 3 aromatic rings. The lowest BCUT2D eigenvalue weighted by Crippen LogP contribution is -2.40. The Morgan fingerprint density at radius 1 is 0.889 bits per heavy atom. The topological polar surface area (TPSA) is 122 Å². The zero-order chi connectivity index (χ0) is 25.9. The summed E-state index contributed by atoms with van der Waals surface area (Å²) in [4.78, 5) is 12.7. The van der Waals surface area contributed by atoms with Crippen LogP contribution in [-0.2, 0) is 24.8 Å². The van der Waals surface area contributed by atoms with Crippen molar-refractivity contribution in [3.63, 3.8) is 0 Å². The van der Waals surface area contributed by atoms with Crippen LogP contribution in [0.2, 0.25) is 5.02 Å². The number of hydrogen-bond acceptors (Lipinski definition) is 6. The smallest absolute Gasteiger partial charge is 0.261 e. The highest BCUT2D eigenvalue weighted by molar-refractivity contribution is 9.10. The van der Waals surface area contributed by atoms with E-state index in [0.29, 0.717) is 11.4 Å². The Morgan fingerprint density at radius 2 is 1.50 bits per heavy atom. The van der Waals surface area contributed by atoms with Gasteiger partial charge in [0.05, 0.1) is 23.1 Å². The van der Waals surface area contributed by atoms with Crippen molar-refractivity contribution in [1.82, 2.24) is 4.31 Å². The zero-order valence-electron chi connectivity index (χ0n) is 18.6. The number of carbonyl (C=O) groups is 1. The first-order valence-corrected chi connectivity index (χ1v) is 14.7. The second-order valence-electron chi connectivity index (χ2n) is 7.75. The second-order valence-corrected chi connectivity index (χ2v) is 12.7. The summed E-state index contributed by atoms with van der Waals surface area (Å²) in [5, 5.41) is 2.65. The summed E-state index contributed by atoms with van der Waals surface area (Å²) in [6.45, 7) is 0.949. The number of amides is 1. The summed E-state index contributed by atoms with van der Waals surface area (Å²) in [6, 6.07) is 16.2. The fourth-order valence-electron chi connectivity index (χ4n) is 3.42. The Bertz CT molecular complexity index is 1480. The van der Waals surface area contributed by atoms with E-state index in [9.17, 15) is 21.6 Å². The molecule has 3 aromatic carbocycles. The summed E-state index contributed by atoms with van der Waals surface area (Å²) in [7, 11) is -7.74. The van der Waals surface area contributed by atoms with Gasteiger partial charge in [0, 0.05) is 34.5 Å². The fourth-order valence-corrected chi connectivity index (χ4v) is 6.65. The summed E-state index contributed by atoms with van der Waals surface area (Å²) in [6.07, 6.45) is 0. The zero-order valence-corrected chi connectivity index (χ0v) is 22.6. The average molecular weight is 615 g/mol. The number of halogens is 2. The first kappa shape index (κ1) is 26.6. The Labute approximate surface area is 222 Å². The van der Waals surface area contributed by atoms with Crippen molar-refractivity contribution < 1.29 is 26.4 Å². The van der Waals surface area contributed by atoms with Gasteiger partial charge in [-0.3, -0.25) is 9.52 Å². The molecule has 2 N–H and O–H groups in total. The molecule has 9 nitrogen and oxygen atoms in total. The van der Waals surface area contributed by atoms with E-state index in [1.165, 1.54) is 46.8 Å². The molecular formula is C23H21BrClN3O6S2. The molecule has 13 heteroatoms. The summed E-state index contributed by atoms with van der Waals surface area (Å²) < 4.78 is 61.1. The Kier molecular flexibility index (Phi) is 8.03. The van der Waals surface area contributed by atoms with E-state index in [4.69, 9.17) is 16.3 Å². The molecule has 0 radical (unpaired) electrons. The van der Waals surface area contributed by atoms with Gasteiger partial charge in [-0.15, -0.1) is 0 Å². The molecule has 0 saturated carbocycles. The molecule has 1 heterocycles. The Balaban J connectivity index is 1.49. The average Bonchev–Trinajstić information content (AvgIpc) is 2.86. The van der Waals surface area contributed by atoms with Crippen LogP contribution in [0.25, 0.3) is 0 Å². The lowest BCUT2D eigenvalue weighted by molar-refractivity contribution is 0.0730. The van der Waals surface area contributed by atoms with Gasteiger partial charge in [-0.1, -0.05) is 27.5 Å². The minimum atomic E-state index is -3.91. The van der Waals surface area contributed by atoms with Gasteiger partial charge in [0.2, 0.25) is 10.0 Å². The van der Waals surface area contributed by atoms with Crippen LogP contribution in [0.3, 0.4) is 0 Å².